The third kappa shape index (κ3) is 2.44. The van der Waals surface area contributed by atoms with Crippen molar-refractivity contribution in [1.82, 2.24) is 5.32 Å². The summed E-state index contributed by atoms with van der Waals surface area (Å²) in [6.45, 7) is 3.42. The van der Waals surface area contributed by atoms with Crippen LogP contribution < -0.4 is 5.32 Å². The minimum atomic E-state index is -0.0926. The van der Waals surface area contributed by atoms with Crippen LogP contribution in [0.25, 0.3) is 0 Å². The van der Waals surface area contributed by atoms with Crippen molar-refractivity contribution in [3.63, 3.8) is 0 Å². The van der Waals surface area contributed by atoms with E-state index in [-0.39, 0.29) is 6.10 Å². The summed E-state index contributed by atoms with van der Waals surface area (Å²) in [6.07, 6.45) is 5.92. The molecule has 1 saturated carbocycles. The summed E-state index contributed by atoms with van der Waals surface area (Å²) in [5.41, 5.74) is 0. The predicted octanol–water partition coefficient (Wildman–Crippen LogP) is 1.78. The van der Waals surface area contributed by atoms with Gasteiger partial charge in [0, 0.05) is 17.3 Å². The monoisotopic (exact) mass is 215 g/mol. The summed E-state index contributed by atoms with van der Waals surface area (Å²) in [6, 6.07) is 0.369. The largest absolute Gasteiger partial charge is 0.392 e. The van der Waals surface area contributed by atoms with E-state index in [4.69, 9.17) is 0 Å². The SMILES string of the molecule is CC1(CN[C@@H]2CCC[C@H]2O)CCCS1. The lowest BCUT2D eigenvalue weighted by Gasteiger charge is -2.26. The van der Waals surface area contributed by atoms with Crippen LogP contribution in [0.1, 0.15) is 39.0 Å². The molecule has 3 heteroatoms. The highest BCUT2D eigenvalue weighted by Crippen LogP contribution is 2.37. The maximum absolute atomic E-state index is 9.68. The molecule has 1 aliphatic heterocycles. The second-order valence-corrected chi connectivity index (χ2v) is 6.57. The molecule has 2 aliphatic rings. The van der Waals surface area contributed by atoms with Crippen LogP contribution >= 0.6 is 11.8 Å². The summed E-state index contributed by atoms with van der Waals surface area (Å²) >= 11 is 2.09. The molecule has 3 atom stereocenters. The van der Waals surface area contributed by atoms with E-state index in [0.29, 0.717) is 10.8 Å². The van der Waals surface area contributed by atoms with Gasteiger partial charge in [-0.2, -0.15) is 11.8 Å². The Bertz CT molecular complexity index is 192. The molecule has 0 radical (unpaired) electrons. The second-order valence-electron chi connectivity index (χ2n) is 4.89. The van der Waals surface area contributed by atoms with Gasteiger partial charge in [0.15, 0.2) is 0 Å². The van der Waals surface area contributed by atoms with Crippen molar-refractivity contribution >= 4 is 11.8 Å². The van der Waals surface area contributed by atoms with E-state index >= 15 is 0 Å². The highest BCUT2D eigenvalue weighted by molar-refractivity contribution is 8.00. The third-order valence-electron chi connectivity index (χ3n) is 3.52. The van der Waals surface area contributed by atoms with Gasteiger partial charge in [-0.1, -0.05) is 0 Å². The van der Waals surface area contributed by atoms with Gasteiger partial charge >= 0.3 is 0 Å². The van der Waals surface area contributed by atoms with Crippen LogP contribution in [-0.2, 0) is 0 Å². The molecular weight excluding hydrogens is 194 g/mol. The molecular formula is C11H21NOS. The van der Waals surface area contributed by atoms with Gasteiger partial charge in [-0.15, -0.1) is 0 Å². The number of thioether (sulfide) groups is 1. The van der Waals surface area contributed by atoms with Crippen LogP contribution in [0.4, 0.5) is 0 Å². The lowest BCUT2D eigenvalue weighted by Crippen LogP contribution is -2.42. The van der Waals surface area contributed by atoms with E-state index in [1.807, 2.05) is 0 Å². The lowest BCUT2D eigenvalue weighted by atomic mass is 10.0. The van der Waals surface area contributed by atoms with E-state index in [1.54, 1.807) is 0 Å². The molecule has 0 bridgehead atoms. The Morgan fingerprint density at radius 1 is 1.43 bits per heavy atom. The van der Waals surface area contributed by atoms with Gasteiger partial charge in [-0.05, 0) is 44.8 Å². The minimum Gasteiger partial charge on any atom is -0.392 e. The number of aliphatic hydroxyl groups is 1. The fraction of sp³-hybridized carbons (Fsp3) is 1.00. The van der Waals surface area contributed by atoms with Crippen LogP contribution in [0.2, 0.25) is 0 Å². The molecule has 2 fully saturated rings. The van der Waals surface area contributed by atoms with Crippen molar-refractivity contribution in [2.45, 2.75) is 55.9 Å². The van der Waals surface area contributed by atoms with Crippen molar-refractivity contribution in [2.24, 2.45) is 0 Å². The fourth-order valence-corrected chi connectivity index (χ4v) is 3.76. The molecule has 2 rings (SSSR count). The molecule has 1 heterocycles. The zero-order valence-corrected chi connectivity index (χ0v) is 9.78. The average Bonchev–Trinajstić information content (AvgIpc) is 2.73. The first-order valence-electron chi connectivity index (χ1n) is 5.75. The summed E-state index contributed by atoms with van der Waals surface area (Å²) in [7, 11) is 0. The average molecular weight is 215 g/mol. The summed E-state index contributed by atoms with van der Waals surface area (Å²) in [5, 5.41) is 13.2. The van der Waals surface area contributed by atoms with Crippen LogP contribution in [-0.4, -0.2) is 34.3 Å². The number of nitrogens with one attached hydrogen (secondary N) is 1. The molecule has 2 N–H and O–H groups in total. The minimum absolute atomic E-state index is 0.0926. The van der Waals surface area contributed by atoms with Crippen molar-refractivity contribution in [1.29, 1.82) is 0 Å². The zero-order chi connectivity index (χ0) is 10.0. The maximum atomic E-state index is 9.68. The summed E-state index contributed by atoms with van der Waals surface area (Å²) < 4.78 is 0.433. The van der Waals surface area contributed by atoms with Gasteiger partial charge in [0.05, 0.1) is 6.10 Å². The first-order chi connectivity index (χ1) is 6.70. The third-order valence-corrected chi connectivity index (χ3v) is 5.06. The number of hydrogen-bond acceptors (Lipinski definition) is 3. The zero-order valence-electron chi connectivity index (χ0n) is 8.96. The van der Waals surface area contributed by atoms with Gasteiger partial charge in [0.25, 0.3) is 0 Å². The van der Waals surface area contributed by atoms with Crippen LogP contribution in [0.5, 0.6) is 0 Å². The molecule has 1 saturated heterocycles. The smallest absolute Gasteiger partial charge is 0.0693 e. The Labute approximate surface area is 90.8 Å². The van der Waals surface area contributed by atoms with Gasteiger partial charge in [-0.25, -0.2) is 0 Å². The lowest BCUT2D eigenvalue weighted by molar-refractivity contribution is 0.148. The van der Waals surface area contributed by atoms with Crippen LogP contribution in [0.15, 0.2) is 0 Å². The molecule has 1 unspecified atom stereocenters. The normalized spacial score (nSPS) is 43.3. The summed E-state index contributed by atoms with van der Waals surface area (Å²) in [5.74, 6) is 1.31. The molecule has 0 amide bonds. The van der Waals surface area contributed by atoms with Gasteiger partial charge in [0.1, 0.15) is 0 Å². The standard InChI is InChI=1S/C11H21NOS/c1-11(6-3-7-14-11)8-12-9-4-2-5-10(9)13/h9-10,12-13H,2-8H2,1H3/t9-,10-,11?/m1/s1. The maximum Gasteiger partial charge on any atom is 0.0693 e. The molecule has 0 spiro atoms. The van der Waals surface area contributed by atoms with E-state index < -0.39 is 0 Å². The predicted molar refractivity (Wildman–Crippen MR) is 61.7 cm³/mol. The Balaban J connectivity index is 1.75. The molecule has 0 aromatic heterocycles. The topological polar surface area (TPSA) is 32.3 Å². The first-order valence-corrected chi connectivity index (χ1v) is 6.74. The van der Waals surface area contributed by atoms with Crippen molar-refractivity contribution in [3.05, 3.63) is 0 Å². The Hall–Kier alpha value is 0.270. The highest BCUT2D eigenvalue weighted by Gasteiger charge is 2.32. The molecule has 1 aliphatic carbocycles. The Morgan fingerprint density at radius 2 is 2.29 bits per heavy atom. The first kappa shape index (κ1) is 10.8. The summed E-state index contributed by atoms with van der Waals surface area (Å²) in [4.78, 5) is 0. The van der Waals surface area contributed by atoms with Gasteiger partial charge < -0.3 is 10.4 Å². The Morgan fingerprint density at radius 3 is 2.86 bits per heavy atom. The van der Waals surface area contributed by atoms with Gasteiger partial charge in [-0.3, -0.25) is 0 Å². The van der Waals surface area contributed by atoms with E-state index in [1.165, 1.54) is 25.0 Å². The van der Waals surface area contributed by atoms with E-state index in [9.17, 15) is 5.11 Å². The molecule has 2 nitrogen and oxygen atoms in total. The van der Waals surface area contributed by atoms with Crippen LogP contribution in [0, 0.1) is 0 Å². The van der Waals surface area contributed by atoms with Crippen molar-refractivity contribution in [2.75, 3.05) is 12.3 Å². The van der Waals surface area contributed by atoms with Crippen molar-refractivity contribution in [3.8, 4) is 0 Å². The Kier molecular flexibility index (Phi) is 3.40. The van der Waals surface area contributed by atoms with E-state index in [0.717, 1.165) is 19.4 Å². The van der Waals surface area contributed by atoms with Crippen LogP contribution in [0.3, 0.4) is 0 Å². The van der Waals surface area contributed by atoms with E-state index in [2.05, 4.69) is 24.0 Å². The number of rotatable bonds is 3. The number of aliphatic hydroxyl groups excluding tert-OH is 1. The quantitative estimate of drug-likeness (QED) is 0.752. The molecule has 0 aromatic rings. The highest BCUT2D eigenvalue weighted by atomic mass is 32.2. The van der Waals surface area contributed by atoms with Gasteiger partial charge in [0.2, 0.25) is 0 Å². The fourth-order valence-electron chi connectivity index (χ4n) is 2.50. The molecule has 82 valence electrons. The molecule has 14 heavy (non-hydrogen) atoms. The molecule has 0 aromatic carbocycles. The number of hydrogen-bond donors (Lipinski definition) is 2. The second kappa shape index (κ2) is 4.42. The van der Waals surface area contributed by atoms with Crippen molar-refractivity contribution < 1.29 is 5.11 Å².